The predicted octanol–water partition coefficient (Wildman–Crippen LogP) is 3.50. The molecule has 146 valence electrons. The Morgan fingerprint density at radius 2 is 1.56 bits per heavy atom. The van der Waals surface area contributed by atoms with Crippen molar-refractivity contribution in [1.29, 1.82) is 0 Å². The fourth-order valence-electron chi connectivity index (χ4n) is 2.78. The molecular weight excluding hydrogens is 360 g/mol. The largest absolute Gasteiger partial charge is 0.354 e. The fraction of sp³-hybridized carbons (Fsp3) is 0.381. The van der Waals surface area contributed by atoms with Crippen LogP contribution in [-0.4, -0.2) is 33.7 Å². The number of amides is 1. The van der Waals surface area contributed by atoms with Gasteiger partial charge in [-0.1, -0.05) is 63.2 Å². The maximum absolute atomic E-state index is 12.4. The molecule has 0 aliphatic carbocycles. The van der Waals surface area contributed by atoms with Gasteiger partial charge in [0.15, 0.2) is 0 Å². The van der Waals surface area contributed by atoms with Gasteiger partial charge in [-0.05, 0) is 35.1 Å². The standard InChI is InChI=1S/C21H28N2O3S/c1-16(2)18-10-12-20(13-11-18)23(27(4,25)26)15-21(24)22-14-17(3)19-8-6-5-7-9-19/h5-13,16-17H,14-15H2,1-4H3,(H,22,24). The molecule has 6 heteroatoms. The number of sulfonamides is 1. The average molecular weight is 389 g/mol. The van der Waals surface area contributed by atoms with Gasteiger partial charge in [-0.25, -0.2) is 8.42 Å². The lowest BCUT2D eigenvalue weighted by atomic mass is 10.0. The van der Waals surface area contributed by atoms with E-state index in [1.54, 1.807) is 12.1 Å². The van der Waals surface area contributed by atoms with Crippen molar-refractivity contribution in [3.8, 4) is 0 Å². The van der Waals surface area contributed by atoms with Gasteiger partial charge in [0.2, 0.25) is 15.9 Å². The highest BCUT2D eigenvalue weighted by atomic mass is 32.2. The van der Waals surface area contributed by atoms with Crippen LogP contribution in [0.4, 0.5) is 5.69 Å². The van der Waals surface area contributed by atoms with Gasteiger partial charge >= 0.3 is 0 Å². The van der Waals surface area contributed by atoms with Gasteiger partial charge in [-0.15, -0.1) is 0 Å². The molecule has 1 N–H and O–H groups in total. The first-order chi connectivity index (χ1) is 12.7. The Bertz CT molecular complexity index is 847. The maximum Gasteiger partial charge on any atom is 0.240 e. The van der Waals surface area contributed by atoms with Crippen molar-refractivity contribution in [2.24, 2.45) is 0 Å². The van der Waals surface area contributed by atoms with Crippen molar-refractivity contribution in [3.63, 3.8) is 0 Å². The lowest BCUT2D eigenvalue weighted by Gasteiger charge is -2.23. The van der Waals surface area contributed by atoms with Gasteiger partial charge in [0.1, 0.15) is 6.54 Å². The molecule has 0 aliphatic rings. The van der Waals surface area contributed by atoms with E-state index < -0.39 is 10.0 Å². The normalized spacial score (nSPS) is 12.6. The van der Waals surface area contributed by atoms with E-state index in [9.17, 15) is 13.2 Å². The number of anilines is 1. The molecule has 0 heterocycles. The number of carbonyl (C=O) groups is 1. The Balaban J connectivity index is 2.04. The third kappa shape index (κ3) is 6.10. The summed E-state index contributed by atoms with van der Waals surface area (Å²) in [6.07, 6.45) is 1.11. The van der Waals surface area contributed by atoms with E-state index >= 15 is 0 Å². The molecule has 0 spiro atoms. The van der Waals surface area contributed by atoms with Crippen LogP contribution >= 0.6 is 0 Å². The Morgan fingerprint density at radius 1 is 0.963 bits per heavy atom. The van der Waals surface area contributed by atoms with Gasteiger partial charge in [0.05, 0.1) is 11.9 Å². The summed E-state index contributed by atoms with van der Waals surface area (Å²) in [5.41, 5.74) is 2.74. The highest BCUT2D eigenvalue weighted by molar-refractivity contribution is 7.92. The summed E-state index contributed by atoms with van der Waals surface area (Å²) in [5, 5.41) is 2.84. The minimum Gasteiger partial charge on any atom is -0.354 e. The zero-order valence-electron chi connectivity index (χ0n) is 16.3. The van der Waals surface area contributed by atoms with Crippen LogP contribution in [-0.2, 0) is 14.8 Å². The first-order valence-electron chi connectivity index (χ1n) is 9.07. The zero-order valence-corrected chi connectivity index (χ0v) is 17.2. The predicted molar refractivity (Wildman–Crippen MR) is 111 cm³/mol. The van der Waals surface area contributed by atoms with E-state index in [2.05, 4.69) is 19.2 Å². The summed E-state index contributed by atoms with van der Waals surface area (Å²) in [5.74, 6) is 0.178. The van der Waals surface area contributed by atoms with Gasteiger partial charge in [0.25, 0.3) is 0 Å². The smallest absolute Gasteiger partial charge is 0.240 e. The lowest BCUT2D eigenvalue weighted by Crippen LogP contribution is -2.41. The lowest BCUT2D eigenvalue weighted by molar-refractivity contribution is -0.119. The molecule has 1 atom stereocenters. The van der Waals surface area contributed by atoms with E-state index in [4.69, 9.17) is 0 Å². The molecule has 0 aromatic heterocycles. The minimum absolute atomic E-state index is 0.146. The highest BCUT2D eigenvalue weighted by Gasteiger charge is 2.21. The second kappa shape index (κ2) is 9.04. The van der Waals surface area contributed by atoms with Crippen LogP contribution in [0.1, 0.15) is 43.7 Å². The third-order valence-corrected chi connectivity index (χ3v) is 5.65. The first kappa shape index (κ1) is 21.0. The summed E-state index contributed by atoms with van der Waals surface area (Å²) < 4.78 is 25.5. The first-order valence-corrected chi connectivity index (χ1v) is 10.9. The maximum atomic E-state index is 12.4. The molecule has 0 radical (unpaired) electrons. The number of rotatable bonds is 8. The summed E-state index contributed by atoms with van der Waals surface area (Å²) in [6.45, 7) is 6.39. The zero-order chi connectivity index (χ0) is 20.0. The van der Waals surface area contributed by atoms with E-state index in [0.717, 1.165) is 21.7 Å². The van der Waals surface area contributed by atoms with Crippen LogP contribution in [0, 0.1) is 0 Å². The van der Waals surface area contributed by atoms with Crippen molar-refractivity contribution in [1.82, 2.24) is 5.32 Å². The second-order valence-corrected chi connectivity index (χ2v) is 9.04. The molecule has 1 amide bonds. The molecule has 2 aromatic carbocycles. The molecule has 0 saturated heterocycles. The molecule has 0 saturated carbocycles. The second-order valence-electron chi connectivity index (χ2n) is 7.13. The number of carbonyl (C=O) groups excluding carboxylic acids is 1. The summed E-state index contributed by atoms with van der Waals surface area (Å²) >= 11 is 0. The fourth-order valence-corrected chi connectivity index (χ4v) is 3.63. The number of benzene rings is 2. The van der Waals surface area contributed by atoms with E-state index in [1.165, 1.54) is 0 Å². The van der Waals surface area contributed by atoms with Crippen LogP contribution in [0.15, 0.2) is 54.6 Å². The van der Waals surface area contributed by atoms with Gasteiger partial charge in [-0.2, -0.15) is 0 Å². The molecule has 0 bridgehead atoms. The minimum atomic E-state index is -3.56. The van der Waals surface area contributed by atoms with Gasteiger partial charge in [0, 0.05) is 6.54 Å². The molecular formula is C21H28N2O3S. The van der Waals surface area contributed by atoms with Crippen molar-refractivity contribution in [2.75, 3.05) is 23.7 Å². The van der Waals surface area contributed by atoms with E-state index in [0.29, 0.717) is 18.2 Å². The molecule has 27 heavy (non-hydrogen) atoms. The number of hydrogen-bond acceptors (Lipinski definition) is 3. The summed E-state index contributed by atoms with van der Waals surface area (Å²) in [6, 6.07) is 17.2. The van der Waals surface area contributed by atoms with Gasteiger partial charge in [-0.3, -0.25) is 9.10 Å². The number of nitrogens with zero attached hydrogens (tertiary/aromatic N) is 1. The third-order valence-electron chi connectivity index (χ3n) is 4.51. The molecule has 0 aliphatic heterocycles. The SMILES string of the molecule is CC(C)c1ccc(N(CC(=O)NCC(C)c2ccccc2)S(C)(=O)=O)cc1. The van der Waals surface area contributed by atoms with Gasteiger partial charge < -0.3 is 5.32 Å². The molecule has 0 fully saturated rings. The van der Waals surface area contributed by atoms with Crippen LogP contribution < -0.4 is 9.62 Å². The number of nitrogens with one attached hydrogen (secondary N) is 1. The Hall–Kier alpha value is -2.34. The molecule has 1 unspecified atom stereocenters. The average Bonchev–Trinajstić information content (AvgIpc) is 2.64. The highest BCUT2D eigenvalue weighted by Crippen LogP contribution is 2.22. The van der Waals surface area contributed by atoms with Crippen LogP contribution in [0.3, 0.4) is 0 Å². The van der Waals surface area contributed by atoms with Crippen LogP contribution in [0.25, 0.3) is 0 Å². The number of hydrogen-bond donors (Lipinski definition) is 1. The Kier molecular flexibility index (Phi) is 7.02. The van der Waals surface area contributed by atoms with Crippen molar-refractivity contribution in [3.05, 3.63) is 65.7 Å². The molecule has 2 rings (SSSR count). The van der Waals surface area contributed by atoms with E-state index in [-0.39, 0.29) is 18.4 Å². The Labute approximate surface area is 162 Å². The quantitative estimate of drug-likeness (QED) is 0.753. The monoisotopic (exact) mass is 388 g/mol. The van der Waals surface area contributed by atoms with Crippen molar-refractivity contribution in [2.45, 2.75) is 32.6 Å². The van der Waals surface area contributed by atoms with Crippen LogP contribution in [0.2, 0.25) is 0 Å². The van der Waals surface area contributed by atoms with Crippen molar-refractivity contribution >= 4 is 21.6 Å². The van der Waals surface area contributed by atoms with E-state index in [1.807, 2.05) is 49.4 Å². The summed E-state index contributed by atoms with van der Waals surface area (Å²) in [4.78, 5) is 12.4. The van der Waals surface area contributed by atoms with Crippen molar-refractivity contribution < 1.29 is 13.2 Å². The topological polar surface area (TPSA) is 66.5 Å². The Morgan fingerprint density at radius 3 is 2.07 bits per heavy atom. The van der Waals surface area contributed by atoms with Crippen LogP contribution in [0.5, 0.6) is 0 Å². The molecule has 2 aromatic rings. The molecule has 5 nitrogen and oxygen atoms in total. The summed E-state index contributed by atoms with van der Waals surface area (Å²) in [7, 11) is -3.56.